The minimum atomic E-state index is -0.0384. The molecule has 16 heavy (non-hydrogen) atoms. The summed E-state index contributed by atoms with van der Waals surface area (Å²) in [6, 6.07) is 2.12. The maximum atomic E-state index is 11.6. The number of hydrogen-bond acceptors (Lipinski definition) is 3. The van der Waals surface area contributed by atoms with Gasteiger partial charge in [-0.25, -0.2) is 0 Å². The van der Waals surface area contributed by atoms with Gasteiger partial charge in [-0.1, -0.05) is 0 Å². The Balaban J connectivity index is 2.60. The van der Waals surface area contributed by atoms with Crippen LogP contribution in [-0.2, 0) is 4.79 Å². The Morgan fingerprint density at radius 2 is 2.06 bits per heavy atom. The molecule has 1 fully saturated rings. The van der Waals surface area contributed by atoms with Crippen LogP contribution in [0.5, 0.6) is 0 Å². The largest absolute Gasteiger partial charge is 0.337 e. The van der Waals surface area contributed by atoms with E-state index in [1.807, 2.05) is 17.9 Å². The SMILES string of the molecule is CC1CN(C(C)(C)C)CCN1C(=O)CC#N. The van der Waals surface area contributed by atoms with Gasteiger partial charge in [0.05, 0.1) is 6.07 Å². The summed E-state index contributed by atoms with van der Waals surface area (Å²) in [7, 11) is 0. The van der Waals surface area contributed by atoms with Crippen molar-refractivity contribution in [1.29, 1.82) is 5.26 Å². The van der Waals surface area contributed by atoms with Gasteiger partial charge in [0.1, 0.15) is 6.42 Å². The zero-order chi connectivity index (χ0) is 12.3. The number of nitrogens with zero attached hydrogens (tertiary/aromatic N) is 3. The zero-order valence-corrected chi connectivity index (χ0v) is 10.7. The van der Waals surface area contributed by atoms with Crippen LogP contribution >= 0.6 is 0 Å². The van der Waals surface area contributed by atoms with Crippen molar-refractivity contribution < 1.29 is 4.79 Å². The number of piperazine rings is 1. The van der Waals surface area contributed by atoms with Gasteiger partial charge >= 0.3 is 0 Å². The molecule has 0 aromatic rings. The van der Waals surface area contributed by atoms with Gasteiger partial charge in [0, 0.05) is 31.2 Å². The number of carbonyl (C=O) groups is 1. The van der Waals surface area contributed by atoms with E-state index in [2.05, 4.69) is 25.7 Å². The van der Waals surface area contributed by atoms with Crippen molar-refractivity contribution >= 4 is 5.91 Å². The van der Waals surface area contributed by atoms with Crippen LogP contribution in [0.25, 0.3) is 0 Å². The van der Waals surface area contributed by atoms with Crippen LogP contribution in [0.4, 0.5) is 0 Å². The molecular formula is C12H21N3O. The highest BCUT2D eigenvalue weighted by molar-refractivity contribution is 5.78. The van der Waals surface area contributed by atoms with Crippen LogP contribution in [0.1, 0.15) is 34.1 Å². The highest BCUT2D eigenvalue weighted by Gasteiger charge is 2.31. The molecular weight excluding hydrogens is 202 g/mol. The first-order valence-electron chi connectivity index (χ1n) is 5.77. The summed E-state index contributed by atoms with van der Waals surface area (Å²) in [6.07, 6.45) is -0.000141. The van der Waals surface area contributed by atoms with Crippen LogP contribution in [0.3, 0.4) is 0 Å². The summed E-state index contributed by atoms with van der Waals surface area (Å²) < 4.78 is 0. The number of carbonyl (C=O) groups excluding carboxylic acids is 1. The minimum absolute atomic E-state index is 0.000141. The Morgan fingerprint density at radius 3 is 2.50 bits per heavy atom. The predicted molar refractivity (Wildman–Crippen MR) is 62.7 cm³/mol. The Kier molecular flexibility index (Phi) is 3.93. The van der Waals surface area contributed by atoms with Gasteiger partial charge < -0.3 is 4.90 Å². The number of rotatable bonds is 1. The molecule has 0 bridgehead atoms. The van der Waals surface area contributed by atoms with Gasteiger partial charge in [-0.3, -0.25) is 9.69 Å². The Morgan fingerprint density at radius 1 is 1.44 bits per heavy atom. The normalized spacial score (nSPS) is 22.9. The maximum Gasteiger partial charge on any atom is 0.237 e. The molecule has 4 nitrogen and oxygen atoms in total. The fourth-order valence-corrected chi connectivity index (χ4v) is 2.11. The van der Waals surface area contributed by atoms with Gasteiger partial charge in [0.15, 0.2) is 0 Å². The molecule has 0 radical (unpaired) electrons. The highest BCUT2D eigenvalue weighted by atomic mass is 16.2. The molecule has 1 amide bonds. The summed E-state index contributed by atoms with van der Waals surface area (Å²) in [5.74, 6) is -0.0384. The zero-order valence-electron chi connectivity index (χ0n) is 10.7. The van der Waals surface area contributed by atoms with Gasteiger partial charge in [-0.15, -0.1) is 0 Å². The Hall–Kier alpha value is -1.08. The standard InChI is InChI=1S/C12H21N3O/c1-10-9-14(12(2,3)4)7-8-15(10)11(16)5-6-13/h10H,5,7-9H2,1-4H3. The molecule has 1 atom stereocenters. The van der Waals surface area contributed by atoms with Crippen LogP contribution in [-0.4, -0.2) is 46.9 Å². The smallest absolute Gasteiger partial charge is 0.237 e. The maximum absolute atomic E-state index is 11.6. The first kappa shape index (κ1) is 13.0. The molecule has 0 aromatic heterocycles. The third kappa shape index (κ3) is 2.96. The van der Waals surface area contributed by atoms with E-state index < -0.39 is 0 Å². The van der Waals surface area contributed by atoms with E-state index in [0.29, 0.717) is 0 Å². The van der Waals surface area contributed by atoms with Crippen molar-refractivity contribution in [2.24, 2.45) is 0 Å². The Bertz CT molecular complexity index is 300. The van der Waals surface area contributed by atoms with Crippen LogP contribution < -0.4 is 0 Å². The summed E-state index contributed by atoms with van der Waals surface area (Å²) in [4.78, 5) is 15.9. The average Bonchev–Trinajstić information content (AvgIpc) is 2.16. The van der Waals surface area contributed by atoms with Crippen molar-refractivity contribution in [3.05, 3.63) is 0 Å². The van der Waals surface area contributed by atoms with E-state index in [0.717, 1.165) is 19.6 Å². The van der Waals surface area contributed by atoms with E-state index in [1.54, 1.807) is 0 Å². The van der Waals surface area contributed by atoms with Crippen molar-refractivity contribution in [3.8, 4) is 6.07 Å². The first-order chi connectivity index (χ1) is 7.36. The van der Waals surface area contributed by atoms with Crippen molar-refractivity contribution in [2.45, 2.75) is 45.7 Å². The monoisotopic (exact) mass is 223 g/mol. The number of amides is 1. The molecule has 1 rings (SSSR count). The second kappa shape index (κ2) is 4.84. The predicted octanol–water partition coefficient (Wildman–Crippen LogP) is 1.23. The van der Waals surface area contributed by atoms with E-state index in [-0.39, 0.29) is 23.9 Å². The van der Waals surface area contributed by atoms with Crippen molar-refractivity contribution in [3.63, 3.8) is 0 Å². The lowest BCUT2D eigenvalue weighted by atomic mass is 10.0. The molecule has 1 unspecified atom stereocenters. The highest BCUT2D eigenvalue weighted by Crippen LogP contribution is 2.19. The third-order valence-electron chi connectivity index (χ3n) is 3.13. The third-order valence-corrected chi connectivity index (χ3v) is 3.13. The molecule has 1 saturated heterocycles. The molecule has 90 valence electrons. The lowest BCUT2D eigenvalue weighted by molar-refractivity contribution is -0.135. The minimum Gasteiger partial charge on any atom is -0.337 e. The molecule has 4 heteroatoms. The quantitative estimate of drug-likeness (QED) is 0.671. The molecule has 0 saturated carbocycles. The lowest BCUT2D eigenvalue weighted by Gasteiger charge is -2.45. The molecule has 0 aromatic carbocycles. The van der Waals surface area contributed by atoms with Crippen molar-refractivity contribution in [2.75, 3.05) is 19.6 Å². The van der Waals surface area contributed by atoms with Crippen LogP contribution in [0, 0.1) is 11.3 Å². The van der Waals surface area contributed by atoms with E-state index in [9.17, 15) is 4.79 Å². The van der Waals surface area contributed by atoms with Gasteiger partial charge in [-0.2, -0.15) is 5.26 Å². The van der Waals surface area contributed by atoms with Gasteiger partial charge in [0.25, 0.3) is 0 Å². The molecule has 0 spiro atoms. The summed E-state index contributed by atoms with van der Waals surface area (Å²) >= 11 is 0. The van der Waals surface area contributed by atoms with E-state index in [4.69, 9.17) is 5.26 Å². The number of hydrogen-bond donors (Lipinski definition) is 0. The number of nitriles is 1. The first-order valence-corrected chi connectivity index (χ1v) is 5.77. The summed E-state index contributed by atoms with van der Waals surface area (Å²) in [6.45, 7) is 11.1. The van der Waals surface area contributed by atoms with Crippen LogP contribution in [0.2, 0.25) is 0 Å². The second-order valence-corrected chi connectivity index (χ2v) is 5.39. The summed E-state index contributed by atoms with van der Waals surface area (Å²) in [5, 5.41) is 8.53. The molecule has 0 N–H and O–H groups in total. The molecule has 1 heterocycles. The fourth-order valence-electron chi connectivity index (χ4n) is 2.11. The summed E-state index contributed by atoms with van der Waals surface area (Å²) in [5.41, 5.74) is 0.151. The van der Waals surface area contributed by atoms with Gasteiger partial charge in [0.2, 0.25) is 5.91 Å². The molecule has 1 aliphatic rings. The Labute approximate surface area is 97.8 Å². The molecule has 0 aliphatic carbocycles. The average molecular weight is 223 g/mol. The topological polar surface area (TPSA) is 47.3 Å². The lowest BCUT2D eigenvalue weighted by Crippen LogP contribution is -2.58. The second-order valence-electron chi connectivity index (χ2n) is 5.39. The van der Waals surface area contributed by atoms with Crippen LogP contribution in [0.15, 0.2) is 0 Å². The van der Waals surface area contributed by atoms with E-state index >= 15 is 0 Å². The van der Waals surface area contributed by atoms with Gasteiger partial charge in [-0.05, 0) is 27.7 Å². The fraction of sp³-hybridized carbons (Fsp3) is 0.833. The van der Waals surface area contributed by atoms with E-state index in [1.165, 1.54) is 0 Å². The molecule has 1 aliphatic heterocycles. The van der Waals surface area contributed by atoms with Crippen molar-refractivity contribution in [1.82, 2.24) is 9.80 Å².